The monoisotopic (exact) mass is 335 g/mol. The smallest absolute Gasteiger partial charge is 0.260 e. The van der Waals surface area contributed by atoms with Crippen LogP contribution in [-0.2, 0) is 21.8 Å². The predicted octanol–water partition coefficient (Wildman–Crippen LogP) is 3.84. The summed E-state index contributed by atoms with van der Waals surface area (Å²) in [5, 5.41) is 0. The van der Waals surface area contributed by atoms with Gasteiger partial charge in [0, 0.05) is 6.20 Å². The highest BCUT2D eigenvalue weighted by atomic mass is 32.2. The number of alkyl halides is 3. The van der Waals surface area contributed by atoms with Gasteiger partial charge in [0.1, 0.15) is 0 Å². The number of sulfone groups is 1. The van der Waals surface area contributed by atoms with Gasteiger partial charge in [-0.15, -0.1) is 0 Å². The van der Waals surface area contributed by atoms with Crippen LogP contribution >= 0.6 is 0 Å². The molecule has 0 aromatic carbocycles. The zero-order valence-corrected chi connectivity index (χ0v) is 13.3. The molecule has 1 aliphatic rings. The molecule has 1 aromatic rings. The van der Waals surface area contributed by atoms with E-state index in [4.69, 9.17) is 0 Å². The van der Waals surface area contributed by atoms with Crippen LogP contribution in [0.5, 0.6) is 0 Å². The summed E-state index contributed by atoms with van der Waals surface area (Å²) >= 11 is 0. The molecule has 1 aliphatic carbocycles. The first kappa shape index (κ1) is 17.2. The lowest BCUT2D eigenvalue weighted by Gasteiger charge is -2.25. The first-order chi connectivity index (χ1) is 10.2. The molecule has 0 bridgehead atoms. The van der Waals surface area contributed by atoms with E-state index in [2.05, 4.69) is 11.9 Å². The molecule has 0 spiro atoms. The van der Waals surface area contributed by atoms with Crippen molar-refractivity contribution in [2.45, 2.75) is 44.5 Å². The number of hydrogen-bond donors (Lipinski definition) is 0. The molecule has 1 heterocycles. The van der Waals surface area contributed by atoms with Crippen LogP contribution in [0.15, 0.2) is 18.3 Å². The van der Waals surface area contributed by atoms with Crippen LogP contribution < -0.4 is 0 Å². The molecule has 0 N–H and O–H groups in total. The molecule has 3 nitrogen and oxygen atoms in total. The van der Waals surface area contributed by atoms with Crippen molar-refractivity contribution in [3.63, 3.8) is 0 Å². The highest BCUT2D eigenvalue weighted by Crippen LogP contribution is 2.33. The summed E-state index contributed by atoms with van der Waals surface area (Å²) in [4.78, 5) is 3.64. The lowest BCUT2D eigenvalue weighted by molar-refractivity contribution is -0.138. The second kappa shape index (κ2) is 6.56. The number of pyridine rings is 1. The van der Waals surface area contributed by atoms with Crippen molar-refractivity contribution in [3.05, 3.63) is 29.6 Å². The minimum Gasteiger partial charge on any atom is -0.260 e. The van der Waals surface area contributed by atoms with Gasteiger partial charge in [-0.05, 0) is 36.8 Å². The van der Waals surface area contributed by atoms with Crippen molar-refractivity contribution < 1.29 is 21.6 Å². The zero-order valence-electron chi connectivity index (χ0n) is 12.4. The van der Waals surface area contributed by atoms with Crippen LogP contribution in [0.4, 0.5) is 13.2 Å². The average molecular weight is 335 g/mol. The first-order valence-corrected chi connectivity index (χ1v) is 9.21. The Bertz CT molecular complexity index is 605. The van der Waals surface area contributed by atoms with Gasteiger partial charge in [-0.2, -0.15) is 13.2 Å². The lowest BCUT2D eigenvalue weighted by atomic mass is 9.84. The molecule has 22 heavy (non-hydrogen) atoms. The summed E-state index contributed by atoms with van der Waals surface area (Å²) in [6.45, 7) is 2.13. The summed E-state index contributed by atoms with van der Waals surface area (Å²) in [7, 11) is -3.60. The molecular formula is C15H20F3NO2S. The largest absolute Gasteiger partial charge is 0.418 e. The van der Waals surface area contributed by atoms with Gasteiger partial charge < -0.3 is 0 Å². The Labute approximate surface area is 128 Å². The van der Waals surface area contributed by atoms with Crippen molar-refractivity contribution >= 4 is 9.84 Å². The number of nitrogens with zero attached hydrogens (tertiary/aromatic N) is 1. The molecule has 0 unspecified atom stereocenters. The Balaban J connectivity index is 2.09. The molecule has 0 saturated heterocycles. The van der Waals surface area contributed by atoms with Crippen molar-refractivity contribution in [2.75, 3.05) is 5.75 Å². The van der Waals surface area contributed by atoms with Crippen molar-refractivity contribution in [3.8, 4) is 0 Å². The van der Waals surface area contributed by atoms with E-state index in [1.807, 2.05) is 0 Å². The Morgan fingerprint density at radius 1 is 1.23 bits per heavy atom. The van der Waals surface area contributed by atoms with Crippen LogP contribution in [0, 0.1) is 11.8 Å². The molecule has 1 aromatic heterocycles. The van der Waals surface area contributed by atoms with Gasteiger partial charge in [-0.25, -0.2) is 8.42 Å². The van der Waals surface area contributed by atoms with Gasteiger partial charge in [0.25, 0.3) is 0 Å². The van der Waals surface area contributed by atoms with Gasteiger partial charge in [-0.3, -0.25) is 4.98 Å². The van der Waals surface area contributed by atoms with E-state index in [0.717, 1.165) is 31.7 Å². The summed E-state index contributed by atoms with van der Waals surface area (Å²) in [6, 6.07) is 2.04. The third-order valence-corrected chi connectivity index (χ3v) is 5.87. The fraction of sp³-hybridized carbons (Fsp3) is 0.667. The maximum atomic E-state index is 12.9. The molecule has 2 rings (SSSR count). The Kier molecular flexibility index (Phi) is 5.14. The Morgan fingerprint density at radius 2 is 1.86 bits per heavy atom. The first-order valence-electron chi connectivity index (χ1n) is 7.39. The summed E-state index contributed by atoms with van der Waals surface area (Å²) in [5.74, 6) is -0.0340. The summed E-state index contributed by atoms with van der Waals surface area (Å²) < 4.78 is 63.1. The quantitative estimate of drug-likeness (QED) is 0.840. The summed E-state index contributed by atoms with van der Waals surface area (Å²) in [5.41, 5.74) is -1.37. The van der Waals surface area contributed by atoms with E-state index in [-0.39, 0.29) is 11.7 Å². The third kappa shape index (κ3) is 4.69. The van der Waals surface area contributed by atoms with Crippen molar-refractivity contribution in [2.24, 2.45) is 11.8 Å². The molecule has 0 aliphatic heterocycles. The normalized spacial score (nSPS) is 23.5. The van der Waals surface area contributed by atoms with E-state index in [1.54, 1.807) is 0 Å². The molecule has 0 amide bonds. The topological polar surface area (TPSA) is 47.0 Å². The van der Waals surface area contributed by atoms with Gasteiger partial charge in [0.15, 0.2) is 9.84 Å². The zero-order chi connectivity index (χ0) is 16.4. The maximum absolute atomic E-state index is 12.9. The van der Waals surface area contributed by atoms with Gasteiger partial charge in [0.05, 0.1) is 22.8 Å². The Hall–Kier alpha value is -1.11. The highest BCUT2D eigenvalue weighted by molar-refractivity contribution is 7.90. The van der Waals surface area contributed by atoms with E-state index in [9.17, 15) is 21.6 Å². The van der Waals surface area contributed by atoms with Crippen LogP contribution in [0.25, 0.3) is 0 Å². The van der Waals surface area contributed by atoms with Crippen molar-refractivity contribution in [1.29, 1.82) is 0 Å². The molecule has 0 radical (unpaired) electrons. The second-order valence-electron chi connectivity index (χ2n) is 6.18. The molecule has 1 fully saturated rings. The lowest BCUT2D eigenvalue weighted by Crippen LogP contribution is -2.23. The molecule has 124 valence electrons. The minimum absolute atomic E-state index is 0.0480. The average Bonchev–Trinajstić information content (AvgIpc) is 2.40. The van der Waals surface area contributed by atoms with Crippen LogP contribution in [0.2, 0.25) is 0 Å². The number of aromatic nitrogens is 1. The van der Waals surface area contributed by atoms with E-state index >= 15 is 0 Å². The fourth-order valence-electron chi connectivity index (χ4n) is 2.93. The predicted molar refractivity (Wildman–Crippen MR) is 77.9 cm³/mol. The number of hydrogen-bond acceptors (Lipinski definition) is 3. The van der Waals surface area contributed by atoms with Gasteiger partial charge >= 0.3 is 6.18 Å². The fourth-order valence-corrected chi connectivity index (χ4v) is 4.75. The molecule has 7 heteroatoms. The minimum atomic E-state index is -4.58. The van der Waals surface area contributed by atoms with Crippen molar-refractivity contribution in [1.82, 2.24) is 4.98 Å². The molecule has 1 saturated carbocycles. The van der Waals surface area contributed by atoms with E-state index in [1.165, 1.54) is 12.3 Å². The SMILES string of the molecule is CC1CCC(CS(=O)(=O)Cc2ncccc2C(F)(F)F)CC1. The highest BCUT2D eigenvalue weighted by Gasteiger charge is 2.35. The third-order valence-electron chi connectivity index (χ3n) is 4.18. The van der Waals surface area contributed by atoms with Crippen LogP contribution in [0.1, 0.15) is 43.9 Å². The Morgan fingerprint density at radius 3 is 2.45 bits per heavy atom. The van der Waals surface area contributed by atoms with E-state index < -0.39 is 33.0 Å². The number of halogens is 3. The van der Waals surface area contributed by atoms with E-state index in [0.29, 0.717) is 5.92 Å². The van der Waals surface area contributed by atoms with Crippen LogP contribution in [-0.4, -0.2) is 19.2 Å². The van der Waals surface area contributed by atoms with Gasteiger partial charge in [-0.1, -0.05) is 19.8 Å². The second-order valence-corrected chi connectivity index (χ2v) is 8.29. The number of rotatable bonds is 4. The van der Waals surface area contributed by atoms with Crippen LogP contribution in [0.3, 0.4) is 0 Å². The standard InChI is InChI=1S/C15H20F3NO2S/c1-11-4-6-12(7-5-11)9-22(20,21)10-14-13(15(16,17)18)3-2-8-19-14/h2-3,8,11-12H,4-7,9-10H2,1H3. The van der Waals surface area contributed by atoms with Gasteiger partial charge in [0.2, 0.25) is 0 Å². The molecule has 0 atom stereocenters. The molecular weight excluding hydrogens is 315 g/mol. The summed E-state index contributed by atoms with van der Waals surface area (Å²) in [6.07, 6.45) is 0.237. The maximum Gasteiger partial charge on any atom is 0.418 e.